The highest BCUT2D eigenvalue weighted by Gasteiger charge is 2.25. The van der Waals surface area contributed by atoms with Crippen molar-refractivity contribution in [3.05, 3.63) is 59.7 Å². The average molecular weight is 338 g/mol. The molecule has 2 heterocycles. The number of aryl methyl sites for hydroxylation is 1. The number of urea groups is 1. The third-order valence-corrected chi connectivity index (χ3v) is 4.90. The zero-order valence-electron chi connectivity index (χ0n) is 14.8. The minimum absolute atomic E-state index is 0.00577. The number of nitrogens with zero attached hydrogens (tertiary/aromatic N) is 3. The molecule has 1 N–H and O–H groups in total. The van der Waals surface area contributed by atoms with Crippen molar-refractivity contribution in [3.8, 4) is 0 Å². The van der Waals surface area contributed by atoms with Crippen LogP contribution in [-0.2, 0) is 13.1 Å². The van der Waals surface area contributed by atoms with Crippen LogP contribution >= 0.6 is 0 Å². The Morgan fingerprint density at radius 2 is 1.92 bits per heavy atom. The molecule has 0 radical (unpaired) electrons. The van der Waals surface area contributed by atoms with Gasteiger partial charge in [0.1, 0.15) is 0 Å². The van der Waals surface area contributed by atoms with E-state index in [0.29, 0.717) is 19.1 Å². The zero-order valence-corrected chi connectivity index (χ0v) is 14.8. The quantitative estimate of drug-likeness (QED) is 0.901. The fourth-order valence-corrected chi connectivity index (χ4v) is 3.41. The molecule has 1 saturated carbocycles. The minimum atomic E-state index is -0.00577. The third-order valence-electron chi connectivity index (χ3n) is 4.90. The van der Waals surface area contributed by atoms with E-state index in [0.717, 1.165) is 29.7 Å². The van der Waals surface area contributed by atoms with Gasteiger partial charge < -0.3 is 10.2 Å². The molecule has 25 heavy (non-hydrogen) atoms. The molecule has 2 amide bonds. The van der Waals surface area contributed by atoms with E-state index in [-0.39, 0.29) is 6.03 Å². The van der Waals surface area contributed by atoms with Crippen LogP contribution in [0, 0.1) is 6.92 Å². The van der Waals surface area contributed by atoms with Crippen molar-refractivity contribution in [1.29, 1.82) is 0 Å². The van der Waals surface area contributed by atoms with Crippen LogP contribution in [0.1, 0.15) is 48.9 Å². The summed E-state index contributed by atoms with van der Waals surface area (Å²) < 4.78 is 0. The molecule has 0 aromatic carbocycles. The summed E-state index contributed by atoms with van der Waals surface area (Å²) in [7, 11) is 0. The second-order valence-corrected chi connectivity index (χ2v) is 6.70. The first-order valence-corrected chi connectivity index (χ1v) is 9.08. The number of rotatable bonds is 5. The number of carbonyl (C=O) groups is 1. The summed E-state index contributed by atoms with van der Waals surface area (Å²) in [5.41, 5.74) is 3.13. The molecule has 0 unspecified atom stereocenters. The maximum Gasteiger partial charge on any atom is 0.318 e. The molecule has 1 fully saturated rings. The Bertz CT molecular complexity index is 683. The maximum atomic E-state index is 12.9. The van der Waals surface area contributed by atoms with Crippen LogP contribution in [0.5, 0.6) is 0 Å². The number of hydrogen-bond acceptors (Lipinski definition) is 3. The molecule has 1 aliphatic carbocycles. The summed E-state index contributed by atoms with van der Waals surface area (Å²) in [5.74, 6) is 0. The van der Waals surface area contributed by atoms with Gasteiger partial charge in [0.25, 0.3) is 0 Å². The van der Waals surface area contributed by atoms with E-state index < -0.39 is 0 Å². The third kappa shape index (κ3) is 4.78. The lowest BCUT2D eigenvalue weighted by Crippen LogP contribution is -2.46. The summed E-state index contributed by atoms with van der Waals surface area (Å²) in [5, 5.41) is 3.07. The van der Waals surface area contributed by atoms with E-state index in [1.165, 1.54) is 19.3 Å². The molecule has 0 saturated heterocycles. The van der Waals surface area contributed by atoms with Crippen molar-refractivity contribution < 1.29 is 4.79 Å². The van der Waals surface area contributed by atoms with Crippen LogP contribution in [-0.4, -0.2) is 26.9 Å². The van der Waals surface area contributed by atoms with Gasteiger partial charge in [-0.1, -0.05) is 25.3 Å². The predicted octanol–water partition coefficient (Wildman–Crippen LogP) is 3.83. The SMILES string of the molecule is Cc1cccnc1CNC(=O)N(Cc1ccncc1)C1CCCCC1. The second-order valence-electron chi connectivity index (χ2n) is 6.70. The average Bonchev–Trinajstić information content (AvgIpc) is 2.67. The van der Waals surface area contributed by atoms with Gasteiger partial charge in [0.2, 0.25) is 0 Å². The molecule has 0 atom stereocenters. The van der Waals surface area contributed by atoms with Gasteiger partial charge in [-0.05, 0) is 49.1 Å². The number of hydrogen-bond donors (Lipinski definition) is 1. The summed E-state index contributed by atoms with van der Waals surface area (Å²) >= 11 is 0. The fourth-order valence-electron chi connectivity index (χ4n) is 3.41. The van der Waals surface area contributed by atoms with Gasteiger partial charge in [-0.3, -0.25) is 9.97 Å². The number of nitrogens with one attached hydrogen (secondary N) is 1. The Balaban J connectivity index is 1.69. The van der Waals surface area contributed by atoms with E-state index in [9.17, 15) is 4.79 Å². The molecule has 0 bridgehead atoms. The largest absolute Gasteiger partial charge is 0.332 e. The van der Waals surface area contributed by atoms with Crippen LogP contribution in [0.3, 0.4) is 0 Å². The molecule has 0 spiro atoms. The lowest BCUT2D eigenvalue weighted by molar-refractivity contribution is 0.150. The Hall–Kier alpha value is -2.43. The van der Waals surface area contributed by atoms with Gasteiger partial charge in [0.15, 0.2) is 0 Å². The summed E-state index contributed by atoms with van der Waals surface area (Å²) in [4.78, 5) is 23.3. The Morgan fingerprint density at radius 1 is 1.16 bits per heavy atom. The minimum Gasteiger partial charge on any atom is -0.332 e. The number of carbonyl (C=O) groups excluding carboxylic acids is 1. The van der Waals surface area contributed by atoms with E-state index in [2.05, 4.69) is 15.3 Å². The van der Waals surface area contributed by atoms with Crippen molar-refractivity contribution in [2.45, 2.75) is 58.2 Å². The highest BCUT2D eigenvalue weighted by Crippen LogP contribution is 2.24. The first-order chi connectivity index (χ1) is 12.2. The monoisotopic (exact) mass is 338 g/mol. The van der Waals surface area contributed by atoms with Crippen molar-refractivity contribution >= 4 is 6.03 Å². The smallest absolute Gasteiger partial charge is 0.318 e. The maximum absolute atomic E-state index is 12.9. The molecule has 132 valence electrons. The standard InChI is InChI=1S/C20H26N4O/c1-16-6-5-11-22-19(16)14-23-20(25)24(18-7-3-2-4-8-18)15-17-9-12-21-13-10-17/h5-6,9-13,18H,2-4,7-8,14-15H2,1H3,(H,23,25). The molecule has 5 nitrogen and oxygen atoms in total. The van der Waals surface area contributed by atoms with Gasteiger partial charge in [-0.2, -0.15) is 0 Å². The highest BCUT2D eigenvalue weighted by molar-refractivity contribution is 5.74. The topological polar surface area (TPSA) is 58.1 Å². The molecular weight excluding hydrogens is 312 g/mol. The van der Waals surface area contributed by atoms with Crippen molar-refractivity contribution in [2.75, 3.05) is 0 Å². The predicted molar refractivity (Wildman–Crippen MR) is 97.9 cm³/mol. The molecule has 0 aliphatic heterocycles. The normalized spacial score (nSPS) is 14.9. The number of pyridine rings is 2. The van der Waals surface area contributed by atoms with E-state index in [1.54, 1.807) is 18.6 Å². The van der Waals surface area contributed by atoms with Gasteiger partial charge in [-0.25, -0.2) is 4.79 Å². The summed E-state index contributed by atoms with van der Waals surface area (Å²) in [6, 6.07) is 8.20. The Labute approximate surface area is 149 Å². The van der Waals surface area contributed by atoms with Crippen molar-refractivity contribution in [1.82, 2.24) is 20.2 Å². The van der Waals surface area contributed by atoms with Crippen LogP contribution in [0.2, 0.25) is 0 Å². The lowest BCUT2D eigenvalue weighted by atomic mass is 9.94. The lowest BCUT2D eigenvalue weighted by Gasteiger charge is -2.34. The van der Waals surface area contributed by atoms with Crippen molar-refractivity contribution in [3.63, 3.8) is 0 Å². The van der Waals surface area contributed by atoms with Gasteiger partial charge in [0, 0.05) is 31.2 Å². The van der Waals surface area contributed by atoms with E-state index in [4.69, 9.17) is 0 Å². The molecule has 5 heteroatoms. The second kappa shape index (κ2) is 8.60. The van der Waals surface area contributed by atoms with E-state index >= 15 is 0 Å². The molecule has 3 rings (SSSR count). The molecule has 1 aliphatic rings. The molecule has 2 aromatic rings. The Kier molecular flexibility index (Phi) is 5.99. The van der Waals surface area contributed by atoms with Crippen molar-refractivity contribution in [2.24, 2.45) is 0 Å². The molecule has 2 aromatic heterocycles. The van der Waals surface area contributed by atoms with E-state index in [1.807, 2.05) is 36.1 Å². The Morgan fingerprint density at radius 3 is 2.64 bits per heavy atom. The summed E-state index contributed by atoms with van der Waals surface area (Å²) in [6.45, 7) is 3.11. The van der Waals surface area contributed by atoms with Crippen LogP contribution in [0.25, 0.3) is 0 Å². The summed E-state index contributed by atoms with van der Waals surface area (Å²) in [6.07, 6.45) is 11.2. The van der Waals surface area contributed by atoms with Gasteiger partial charge in [0.05, 0.1) is 12.2 Å². The molecular formula is C20H26N4O. The number of aromatic nitrogens is 2. The highest BCUT2D eigenvalue weighted by atomic mass is 16.2. The zero-order chi connectivity index (χ0) is 17.5. The van der Waals surface area contributed by atoms with Crippen LogP contribution in [0.4, 0.5) is 4.79 Å². The number of amides is 2. The van der Waals surface area contributed by atoms with Gasteiger partial charge in [-0.15, -0.1) is 0 Å². The van der Waals surface area contributed by atoms with Gasteiger partial charge >= 0.3 is 6.03 Å². The fraction of sp³-hybridized carbons (Fsp3) is 0.450. The van der Waals surface area contributed by atoms with Crippen LogP contribution in [0.15, 0.2) is 42.9 Å². The first kappa shape index (κ1) is 17.4. The first-order valence-electron chi connectivity index (χ1n) is 9.08. The van der Waals surface area contributed by atoms with Crippen LogP contribution < -0.4 is 5.32 Å².